The van der Waals surface area contributed by atoms with E-state index < -0.39 is 12.0 Å². The molecular weight excluding hydrogens is 324 g/mol. The number of aromatic nitrogens is 2. The fraction of sp³-hybridized carbons (Fsp3) is 0.353. The lowest BCUT2D eigenvalue weighted by molar-refractivity contribution is -0.139. The normalized spacial score (nSPS) is 11.9. The van der Waals surface area contributed by atoms with Gasteiger partial charge in [0.05, 0.1) is 0 Å². The number of aliphatic carboxylic acids is 1. The number of rotatable bonds is 10. The highest BCUT2D eigenvalue weighted by Crippen LogP contribution is 2.06. The molecule has 1 aromatic heterocycles. The Labute approximate surface area is 146 Å². The van der Waals surface area contributed by atoms with Crippen molar-refractivity contribution in [2.24, 2.45) is 0 Å². The zero-order valence-corrected chi connectivity index (χ0v) is 14.4. The number of hydrogen-bond donors (Lipinski definition) is 3. The molecule has 0 amide bonds. The summed E-state index contributed by atoms with van der Waals surface area (Å²) in [5, 5.41) is 15.4. The van der Waals surface area contributed by atoms with Crippen molar-refractivity contribution in [2.45, 2.75) is 25.6 Å². The van der Waals surface area contributed by atoms with E-state index in [2.05, 4.69) is 20.6 Å². The Balaban J connectivity index is 1.81. The van der Waals surface area contributed by atoms with Crippen molar-refractivity contribution >= 4 is 23.7 Å². The van der Waals surface area contributed by atoms with Gasteiger partial charge in [0, 0.05) is 31.0 Å². The van der Waals surface area contributed by atoms with Gasteiger partial charge < -0.3 is 15.7 Å². The predicted molar refractivity (Wildman–Crippen MR) is 97.1 cm³/mol. The van der Waals surface area contributed by atoms with Crippen molar-refractivity contribution in [3.63, 3.8) is 0 Å². The molecule has 128 valence electrons. The molecule has 1 unspecified atom stereocenters. The molecule has 0 radical (unpaired) electrons. The van der Waals surface area contributed by atoms with Gasteiger partial charge in [0.2, 0.25) is 5.95 Å². The van der Waals surface area contributed by atoms with Crippen molar-refractivity contribution in [3.05, 3.63) is 53.9 Å². The van der Waals surface area contributed by atoms with Crippen LogP contribution in [0.5, 0.6) is 0 Å². The van der Waals surface area contributed by atoms with Gasteiger partial charge >= 0.3 is 5.97 Å². The standard InChI is InChI=1S/C17H22N4O2S/c1-24-8-7-15(16(22)23)18-10-14-11-20-17(21-12-14)19-9-13-5-3-2-4-6-13/h2-6,11-12,15,18H,7-10H2,1H3,(H,22,23)(H,19,20,21). The van der Waals surface area contributed by atoms with Gasteiger partial charge in [-0.3, -0.25) is 4.79 Å². The molecule has 6 nitrogen and oxygen atoms in total. The summed E-state index contributed by atoms with van der Waals surface area (Å²) in [5.74, 6) is 0.536. The van der Waals surface area contributed by atoms with Crippen LogP contribution in [0.25, 0.3) is 0 Å². The van der Waals surface area contributed by atoms with E-state index in [0.29, 0.717) is 25.5 Å². The summed E-state index contributed by atoms with van der Waals surface area (Å²) in [6, 6.07) is 9.47. The zero-order valence-electron chi connectivity index (χ0n) is 13.6. The summed E-state index contributed by atoms with van der Waals surface area (Å²) in [6.45, 7) is 1.10. The lowest BCUT2D eigenvalue weighted by atomic mass is 10.2. The highest BCUT2D eigenvalue weighted by molar-refractivity contribution is 7.98. The number of thioether (sulfide) groups is 1. The molecule has 3 N–H and O–H groups in total. The molecule has 7 heteroatoms. The minimum atomic E-state index is -0.828. The van der Waals surface area contributed by atoms with Gasteiger partial charge in [-0.2, -0.15) is 11.8 Å². The predicted octanol–water partition coefficient (Wildman–Crippen LogP) is 2.38. The Hall–Kier alpha value is -2.12. The number of nitrogens with one attached hydrogen (secondary N) is 2. The van der Waals surface area contributed by atoms with Crippen molar-refractivity contribution < 1.29 is 9.90 Å². The van der Waals surface area contributed by atoms with Crippen LogP contribution in [0.4, 0.5) is 5.95 Å². The monoisotopic (exact) mass is 346 g/mol. The van der Waals surface area contributed by atoms with Crippen molar-refractivity contribution in [1.82, 2.24) is 15.3 Å². The van der Waals surface area contributed by atoms with Crippen LogP contribution in [0, 0.1) is 0 Å². The molecular formula is C17H22N4O2S. The summed E-state index contributed by atoms with van der Waals surface area (Å²) < 4.78 is 0. The maximum atomic E-state index is 11.2. The van der Waals surface area contributed by atoms with Gasteiger partial charge in [0.15, 0.2) is 0 Å². The second kappa shape index (κ2) is 9.89. The van der Waals surface area contributed by atoms with Crippen LogP contribution in [0.15, 0.2) is 42.7 Å². The molecule has 0 spiro atoms. The van der Waals surface area contributed by atoms with Crippen molar-refractivity contribution in [2.75, 3.05) is 17.3 Å². The molecule has 0 saturated heterocycles. The molecule has 0 fully saturated rings. The molecule has 0 aliphatic carbocycles. The number of nitrogens with zero attached hydrogens (tertiary/aromatic N) is 2. The third-order valence-corrected chi connectivity index (χ3v) is 4.10. The first-order chi connectivity index (χ1) is 11.7. The van der Waals surface area contributed by atoms with E-state index in [0.717, 1.165) is 16.9 Å². The Morgan fingerprint density at radius 1 is 1.17 bits per heavy atom. The first kappa shape index (κ1) is 18.2. The number of benzene rings is 1. The topological polar surface area (TPSA) is 87.1 Å². The summed E-state index contributed by atoms with van der Waals surface area (Å²) >= 11 is 1.64. The highest BCUT2D eigenvalue weighted by atomic mass is 32.2. The molecule has 0 bridgehead atoms. The first-order valence-electron chi connectivity index (χ1n) is 7.73. The maximum Gasteiger partial charge on any atom is 0.320 e. The first-order valence-corrected chi connectivity index (χ1v) is 9.12. The van der Waals surface area contributed by atoms with Gasteiger partial charge in [-0.15, -0.1) is 0 Å². The van der Waals surface area contributed by atoms with E-state index in [1.807, 2.05) is 36.6 Å². The molecule has 2 aromatic rings. The summed E-state index contributed by atoms with van der Waals surface area (Å²) in [4.78, 5) is 19.7. The summed E-state index contributed by atoms with van der Waals surface area (Å²) in [5.41, 5.74) is 2.01. The van der Waals surface area contributed by atoms with E-state index in [4.69, 9.17) is 0 Å². The lowest BCUT2D eigenvalue weighted by Gasteiger charge is -2.13. The molecule has 0 aliphatic heterocycles. The van der Waals surface area contributed by atoms with Crippen LogP contribution < -0.4 is 10.6 Å². The Bertz CT molecular complexity index is 622. The maximum absolute atomic E-state index is 11.2. The Morgan fingerprint density at radius 3 is 2.50 bits per heavy atom. The lowest BCUT2D eigenvalue weighted by Crippen LogP contribution is -2.36. The number of carboxylic acid groups (broad SMARTS) is 1. The van der Waals surface area contributed by atoms with Crippen LogP contribution in [-0.4, -0.2) is 39.1 Å². The largest absolute Gasteiger partial charge is 0.480 e. The SMILES string of the molecule is CSCCC(NCc1cnc(NCc2ccccc2)nc1)C(=O)O. The third-order valence-electron chi connectivity index (χ3n) is 3.46. The zero-order chi connectivity index (χ0) is 17.2. The fourth-order valence-electron chi connectivity index (χ4n) is 2.10. The minimum Gasteiger partial charge on any atom is -0.480 e. The van der Waals surface area contributed by atoms with Gasteiger partial charge in [-0.1, -0.05) is 30.3 Å². The van der Waals surface area contributed by atoms with Gasteiger partial charge in [-0.05, 0) is 24.0 Å². The number of hydrogen-bond acceptors (Lipinski definition) is 6. The third kappa shape index (κ3) is 6.17. The highest BCUT2D eigenvalue weighted by Gasteiger charge is 2.15. The molecule has 24 heavy (non-hydrogen) atoms. The van der Waals surface area contributed by atoms with E-state index in [-0.39, 0.29) is 0 Å². The van der Waals surface area contributed by atoms with Crippen LogP contribution in [0.1, 0.15) is 17.5 Å². The Kier molecular flexibility index (Phi) is 7.51. The van der Waals surface area contributed by atoms with Gasteiger partial charge in [0.1, 0.15) is 6.04 Å². The smallest absolute Gasteiger partial charge is 0.320 e. The average molecular weight is 346 g/mol. The number of anilines is 1. The number of carboxylic acids is 1. The Morgan fingerprint density at radius 2 is 1.88 bits per heavy atom. The van der Waals surface area contributed by atoms with E-state index >= 15 is 0 Å². The summed E-state index contributed by atoms with van der Waals surface area (Å²) in [6.07, 6.45) is 5.98. The summed E-state index contributed by atoms with van der Waals surface area (Å²) in [7, 11) is 0. The minimum absolute atomic E-state index is 0.435. The second-order valence-corrected chi connectivity index (χ2v) is 6.29. The molecule has 2 rings (SSSR count). The van der Waals surface area contributed by atoms with Gasteiger partial charge in [-0.25, -0.2) is 9.97 Å². The van der Waals surface area contributed by atoms with Crippen molar-refractivity contribution in [3.8, 4) is 0 Å². The molecule has 0 aliphatic rings. The fourth-order valence-corrected chi connectivity index (χ4v) is 2.58. The molecule has 1 heterocycles. The quantitative estimate of drug-likeness (QED) is 0.609. The van der Waals surface area contributed by atoms with Crippen LogP contribution >= 0.6 is 11.8 Å². The molecule has 0 saturated carbocycles. The van der Waals surface area contributed by atoms with E-state index in [1.54, 1.807) is 24.2 Å². The van der Waals surface area contributed by atoms with Gasteiger partial charge in [0.25, 0.3) is 0 Å². The van der Waals surface area contributed by atoms with E-state index in [1.165, 1.54) is 0 Å². The molecule has 1 atom stereocenters. The van der Waals surface area contributed by atoms with Crippen LogP contribution in [-0.2, 0) is 17.9 Å². The molecule has 1 aromatic carbocycles. The van der Waals surface area contributed by atoms with Crippen molar-refractivity contribution in [1.29, 1.82) is 0 Å². The second-order valence-electron chi connectivity index (χ2n) is 5.31. The van der Waals surface area contributed by atoms with Crippen LogP contribution in [0.2, 0.25) is 0 Å². The average Bonchev–Trinajstić information content (AvgIpc) is 2.61. The number of carbonyl (C=O) groups is 1. The van der Waals surface area contributed by atoms with Crippen LogP contribution in [0.3, 0.4) is 0 Å². The van der Waals surface area contributed by atoms with E-state index in [9.17, 15) is 9.90 Å².